The smallest absolute Gasteiger partial charge is 0.143 e. The minimum absolute atomic E-state index is 0.914. The normalized spacial score (nSPS) is 12.3. The summed E-state index contributed by atoms with van der Waals surface area (Å²) in [6.07, 6.45) is 0. The van der Waals surface area contributed by atoms with Crippen LogP contribution in [0.4, 0.5) is 0 Å². The molecule has 0 N–H and O–H groups in total. The Morgan fingerprint density at radius 1 is 0.298 bits per heavy atom. The molecule has 11 aromatic rings. The molecule has 11 rings (SSSR count). The van der Waals surface area contributed by atoms with E-state index in [1.54, 1.807) is 0 Å². The number of fused-ring (bicyclic) bond motifs is 7. The topological polar surface area (TPSA) is 13.1 Å². The molecule has 47 heavy (non-hydrogen) atoms. The molecular weight excluding hydrogens is 569 g/mol. The summed E-state index contributed by atoms with van der Waals surface area (Å²) in [6.45, 7) is 0. The van der Waals surface area contributed by atoms with Gasteiger partial charge in [0.15, 0.2) is 0 Å². The minimum Gasteiger partial charge on any atom is -0.455 e. The van der Waals surface area contributed by atoms with Crippen LogP contribution in [-0.4, -0.2) is 0 Å². The molecule has 0 radical (unpaired) electrons. The molecule has 0 aliphatic rings. The maximum Gasteiger partial charge on any atom is 0.143 e. The first kappa shape index (κ1) is 25.1. The van der Waals surface area contributed by atoms with Gasteiger partial charge in [-0.3, -0.25) is 0 Å². The van der Waals surface area contributed by atoms with E-state index in [-0.39, 0.29) is 0 Å². The predicted molar refractivity (Wildman–Crippen MR) is 201 cm³/mol. The lowest BCUT2D eigenvalue weighted by Gasteiger charge is -2.16. The molecule has 216 valence electrons. The fourth-order valence-corrected chi connectivity index (χ4v) is 8.18. The maximum absolute atomic E-state index is 6.88. The Bertz CT molecular complexity index is 3050. The molecule has 1 aromatic heterocycles. The van der Waals surface area contributed by atoms with Gasteiger partial charge in [-0.15, -0.1) is 0 Å². The largest absolute Gasteiger partial charge is 0.455 e. The molecule has 0 spiro atoms. The van der Waals surface area contributed by atoms with Crippen molar-refractivity contribution < 1.29 is 4.42 Å². The third-order valence-corrected chi connectivity index (χ3v) is 10.3. The standard InChI is InChI=1S/C46H26O/c1-2-9-31-26-43-40(22-30(31)8-1)42-25-33(35-20-18-29-17-16-27-11-7-12-28-19-21-38(35)45(29)44(27)28)24-41(46(42)47-43)39-23-32-10-3-4-13-34(32)36-14-5-6-15-37(36)39/h1-26H. The lowest BCUT2D eigenvalue weighted by atomic mass is 9.87. The molecule has 0 saturated carbocycles. The molecule has 0 amide bonds. The fraction of sp³-hybridized carbons (Fsp3) is 0. The first-order valence-electron chi connectivity index (χ1n) is 16.3. The molecule has 0 unspecified atom stereocenters. The van der Waals surface area contributed by atoms with Crippen molar-refractivity contribution in [3.63, 3.8) is 0 Å². The monoisotopic (exact) mass is 594 g/mol. The average molecular weight is 595 g/mol. The lowest BCUT2D eigenvalue weighted by Crippen LogP contribution is -1.89. The highest BCUT2D eigenvalue weighted by atomic mass is 16.3. The van der Waals surface area contributed by atoms with Gasteiger partial charge in [0.25, 0.3) is 0 Å². The van der Waals surface area contributed by atoms with Crippen molar-refractivity contribution in [3.05, 3.63) is 158 Å². The van der Waals surface area contributed by atoms with Crippen LogP contribution in [0.5, 0.6) is 0 Å². The number of benzene rings is 10. The van der Waals surface area contributed by atoms with E-state index in [4.69, 9.17) is 4.42 Å². The van der Waals surface area contributed by atoms with Crippen LogP contribution in [0.1, 0.15) is 0 Å². The minimum atomic E-state index is 0.914. The first-order valence-corrected chi connectivity index (χ1v) is 16.3. The third-order valence-electron chi connectivity index (χ3n) is 10.3. The predicted octanol–water partition coefficient (Wildman–Crippen LogP) is 13.3. The van der Waals surface area contributed by atoms with E-state index in [1.165, 1.54) is 81.3 Å². The lowest BCUT2D eigenvalue weighted by molar-refractivity contribution is 0.670. The van der Waals surface area contributed by atoms with Gasteiger partial charge in [-0.2, -0.15) is 0 Å². The number of hydrogen-bond acceptors (Lipinski definition) is 1. The van der Waals surface area contributed by atoms with Crippen LogP contribution in [0.3, 0.4) is 0 Å². The van der Waals surface area contributed by atoms with Crippen LogP contribution in [0, 0.1) is 0 Å². The van der Waals surface area contributed by atoms with Crippen molar-refractivity contribution in [2.75, 3.05) is 0 Å². The van der Waals surface area contributed by atoms with Gasteiger partial charge in [0.1, 0.15) is 11.2 Å². The number of hydrogen-bond donors (Lipinski definition) is 0. The average Bonchev–Trinajstić information content (AvgIpc) is 3.49. The molecule has 1 heterocycles. The van der Waals surface area contributed by atoms with E-state index in [0.29, 0.717) is 0 Å². The zero-order valence-corrected chi connectivity index (χ0v) is 25.4. The summed E-state index contributed by atoms with van der Waals surface area (Å²) >= 11 is 0. The Kier molecular flexibility index (Phi) is 4.90. The molecule has 0 bridgehead atoms. The second-order valence-electron chi connectivity index (χ2n) is 12.9. The SMILES string of the molecule is c1ccc2cc3c(cc2c1)oc1c(-c2cc4ccccc4c4ccccc24)cc(-c2ccc4ccc5cccc6ccc2c4c56)cc13. The van der Waals surface area contributed by atoms with Gasteiger partial charge in [-0.1, -0.05) is 127 Å². The van der Waals surface area contributed by atoms with Gasteiger partial charge in [-0.05, 0) is 112 Å². The van der Waals surface area contributed by atoms with E-state index < -0.39 is 0 Å². The van der Waals surface area contributed by atoms with Crippen LogP contribution in [0.25, 0.3) is 109 Å². The van der Waals surface area contributed by atoms with Crippen molar-refractivity contribution in [2.24, 2.45) is 0 Å². The van der Waals surface area contributed by atoms with Crippen LogP contribution < -0.4 is 0 Å². The molecular formula is C46H26O. The Hall–Kier alpha value is -6.18. The van der Waals surface area contributed by atoms with Crippen LogP contribution >= 0.6 is 0 Å². The molecule has 10 aromatic carbocycles. The third kappa shape index (κ3) is 3.49. The maximum atomic E-state index is 6.88. The highest BCUT2D eigenvalue weighted by Crippen LogP contribution is 2.46. The summed E-state index contributed by atoms with van der Waals surface area (Å²) in [5.41, 5.74) is 6.57. The summed E-state index contributed by atoms with van der Waals surface area (Å²) in [5, 5.41) is 17.4. The van der Waals surface area contributed by atoms with Gasteiger partial charge < -0.3 is 4.42 Å². The second-order valence-corrected chi connectivity index (χ2v) is 12.9. The molecule has 0 atom stereocenters. The Morgan fingerprint density at radius 3 is 1.77 bits per heavy atom. The van der Waals surface area contributed by atoms with Gasteiger partial charge in [0, 0.05) is 16.3 Å². The highest BCUT2D eigenvalue weighted by Gasteiger charge is 2.20. The summed E-state index contributed by atoms with van der Waals surface area (Å²) in [5.74, 6) is 0. The highest BCUT2D eigenvalue weighted by molar-refractivity contribution is 6.26. The molecule has 1 heteroatoms. The summed E-state index contributed by atoms with van der Waals surface area (Å²) in [4.78, 5) is 0. The second kappa shape index (κ2) is 9.19. The summed E-state index contributed by atoms with van der Waals surface area (Å²) in [7, 11) is 0. The quantitative estimate of drug-likeness (QED) is 0.182. The van der Waals surface area contributed by atoms with Crippen molar-refractivity contribution in [2.45, 2.75) is 0 Å². The molecule has 0 aliphatic heterocycles. The Labute approximate surface area is 270 Å². The fourth-order valence-electron chi connectivity index (χ4n) is 8.18. The van der Waals surface area contributed by atoms with Crippen LogP contribution in [0.15, 0.2) is 162 Å². The van der Waals surface area contributed by atoms with Crippen LogP contribution in [0.2, 0.25) is 0 Å². The molecule has 0 aliphatic carbocycles. The first-order chi connectivity index (χ1) is 23.3. The van der Waals surface area contributed by atoms with Crippen molar-refractivity contribution in [1.29, 1.82) is 0 Å². The van der Waals surface area contributed by atoms with E-state index in [1.807, 2.05) is 0 Å². The molecule has 0 fully saturated rings. The van der Waals surface area contributed by atoms with E-state index in [9.17, 15) is 0 Å². The van der Waals surface area contributed by atoms with Gasteiger partial charge in [0.05, 0.1) is 0 Å². The molecule has 0 saturated heterocycles. The van der Waals surface area contributed by atoms with E-state index in [2.05, 4.69) is 158 Å². The van der Waals surface area contributed by atoms with Gasteiger partial charge in [0.2, 0.25) is 0 Å². The number of furan rings is 1. The van der Waals surface area contributed by atoms with Crippen molar-refractivity contribution in [3.8, 4) is 22.3 Å². The van der Waals surface area contributed by atoms with E-state index >= 15 is 0 Å². The van der Waals surface area contributed by atoms with E-state index in [0.717, 1.165) is 27.5 Å². The Balaban J connectivity index is 1.30. The molecule has 1 nitrogen and oxygen atoms in total. The van der Waals surface area contributed by atoms with Gasteiger partial charge in [-0.25, -0.2) is 0 Å². The van der Waals surface area contributed by atoms with Crippen molar-refractivity contribution in [1.82, 2.24) is 0 Å². The van der Waals surface area contributed by atoms with Gasteiger partial charge >= 0.3 is 0 Å². The zero-order chi connectivity index (χ0) is 30.6. The van der Waals surface area contributed by atoms with Crippen molar-refractivity contribution >= 4 is 86.6 Å². The number of rotatable bonds is 2. The summed E-state index contributed by atoms with van der Waals surface area (Å²) < 4.78 is 6.88. The zero-order valence-electron chi connectivity index (χ0n) is 25.4. The Morgan fingerprint density at radius 2 is 0.936 bits per heavy atom. The summed E-state index contributed by atoms with van der Waals surface area (Å²) in [6, 6.07) is 57.9. The van der Waals surface area contributed by atoms with Crippen LogP contribution in [-0.2, 0) is 0 Å².